The number of para-hydroxylation sites is 1. The fourth-order valence-corrected chi connectivity index (χ4v) is 1.83. The molecule has 0 aliphatic heterocycles. The lowest BCUT2D eigenvalue weighted by Crippen LogP contribution is -2.16. The van der Waals surface area contributed by atoms with Crippen molar-refractivity contribution in [2.24, 2.45) is 0 Å². The van der Waals surface area contributed by atoms with E-state index < -0.39 is 34.8 Å². The van der Waals surface area contributed by atoms with Crippen LogP contribution in [-0.4, -0.2) is 17.0 Å². The van der Waals surface area contributed by atoms with E-state index in [0.29, 0.717) is 0 Å². The number of carbonyl (C=O) groups excluding carboxylic acids is 1. The highest BCUT2D eigenvalue weighted by Gasteiger charge is 2.17. The first kappa shape index (κ1) is 14.9. The number of rotatable bonds is 3. The van der Waals surface area contributed by atoms with Crippen LogP contribution < -0.4 is 5.32 Å². The minimum atomic E-state index is -1.39. The summed E-state index contributed by atoms with van der Waals surface area (Å²) in [5, 5.41) is 10.8. The number of hydrogen-bond donors (Lipinski definition) is 2. The van der Waals surface area contributed by atoms with Gasteiger partial charge in [0.15, 0.2) is 0 Å². The molecule has 0 aliphatic rings. The zero-order chi connectivity index (χ0) is 15.6. The molecule has 0 spiro atoms. The molecule has 4 nitrogen and oxygen atoms in total. The van der Waals surface area contributed by atoms with Crippen LogP contribution in [0.4, 0.5) is 14.5 Å². The highest BCUT2D eigenvalue weighted by molar-refractivity contribution is 6.31. The van der Waals surface area contributed by atoms with Gasteiger partial charge in [-0.15, -0.1) is 0 Å². The fraction of sp³-hybridized carbons (Fsp3) is 0. The Morgan fingerprint density at radius 3 is 2.43 bits per heavy atom. The van der Waals surface area contributed by atoms with Crippen molar-refractivity contribution < 1.29 is 23.5 Å². The maximum absolute atomic E-state index is 13.7. The number of carbonyl (C=O) groups is 2. The van der Waals surface area contributed by atoms with Gasteiger partial charge in [0.2, 0.25) is 0 Å². The Hall–Kier alpha value is -2.47. The van der Waals surface area contributed by atoms with Crippen molar-refractivity contribution in [1.82, 2.24) is 0 Å². The molecule has 2 N–H and O–H groups in total. The summed E-state index contributed by atoms with van der Waals surface area (Å²) >= 11 is 5.55. The Balaban J connectivity index is 2.36. The molecule has 7 heteroatoms. The predicted molar refractivity (Wildman–Crippen MR) is 72.7 cm³/mol. The van der Waals surface area contributed by atoms with Gasteiger partial charge in [0.25, 0.3) is 5.91 Å². The van der Waals surface area contributed by atoms with Crippen molar-refractivity contribution in [2.45, 2.75) is 0 Å². The lowest BCUT2D eigenvalue weighted by Gasteiger charge is -2.09. The molecular weight excluding hydrogens is 304 g/mol. The normalized spacial score (nSPS) is 10.2. The van der Waals surface area contributed by atoms with Crippen molar-refractivity contribution >= 4 is 29.2 Å². The molecule has 0 heterocycles. The van der Waals surface area contributed by atoms with E-state index in [-0.39, 0.29) is 10.6 Å². The summed E-state index contributed by atoms with van der Waals surface area (Å²) in [7, 11) is 0. The Kier molecular flexibility index (Phi) is 4.18. The van der Waals surface area contributed by atoms with E-state index in [1.807, 2.05) is 0 Å². The third kappa shape index (κ3) is 3.17. The summed E-state index contributed by atoms with van der Waals surface area (Å²) < 4.78 is 26.7. The zero-order valence-electron chi connectivity index (χ0n) is 10.4. The molecule has 0 atom stereocenters. The van der Waals surface area contributed by atoms with Crippen molar-refractivity contribution in [1.29, 1.82) is 0 Å². The maximum atomic E-state index is 13.7. The minimum absolute atomic E-state index is 0.0269. The van der Waals surface area contributed by atoms with Gasteiger partial charge in [-0.25, -0.2) is 13.6 Å². The summed E-state index contributed by atoms with van der Waals surface area (Å²) in [6.07, 6.45) is 0. The van der Waals surface area contributed by atoms with Crippen LogP contribution in [0.5, 0.6) is 0 Å². The molecule has 0 radical (unpaired) electrons. The van der Waals surface area contributed by atoms with Crippen molar-refractivity contribution in [3.63, 3.8) is 0 Å². The van der Waals surface area contributed by atoms with Crippen molar-refractivity contribution in [3.05, 3.63) is 64.2 Å². The number of nitrogens with one attached hydrogen (secondary N) is 1. The first-order valence-electron chi connectivity index (χ1n) is 5.68. The van der Waals surface area contributed by atoms with Gasteiger partial charge in [0.05, 0.1) is 16.3 Å². The van der Waals surface area contributed by atoms with Gasteiger partial charge < -0.3 is 10.4 Å². The van der Waals surface area contributed by atoms with Crippen LogP contribution in [0.25, 0.3) is 0 Å². The molecule has 0 saturated heterocycles. The number of benzene rings is 2. The SMILES string of the molecule is O=C(Nc1c(F)cccc1C(=O)O)c1ccc(F)c(Cl)c1. The molecule has 2 aromatic carbocycles. The summed E-state index contributed by atoms with van der Waals surface area (Å²) in [6, 6.07) is 6.57. The Labute approximate surface area is 123 Å². The lowest BCUT2D eigenvalue weighted by molar-refractivity contribution is 0.0697. The minimum Gasteiger partial charge on any atom is -0.478 e. The van der Waals surface area contributed by atoms with Crippen LogP contribution in [0.2, 0.25) is 5.02 Å². The van der Waals surface area contributed by atoms with E-state index in [1.54, 1.807) is 0 Å². The standard InChI is InChI=1S/C14H8ClF2NO3/c15-9-6-7(4-5-10(9)16)13(19)18-12-8(14(20)21)2-1-3-11(12)17/h1-6H,(H,18,19)(H,20,21). The second-order valence-corrected chi connectivity index (χ2v) is 4.46. The number of amides is 1. The summed E-state index contributed by atoms with van der Waals surface area (Å²) in [6.45, 7) is 0. The molecular formula is C14H8ClF2NO3. The van der Waals surface area contributed by atoms with Crippen LogP contribution in [0.15, 0.2) is 36.4 Å². The zero-order valence-corrected chi connectivity index (χ0v) is 11.1. The quantitative estimate of drug-likeness (QED) is 0.910. The largest absolute Gasteiger partial charge is 0.478 e. The number of aromatic carboxylic acids is 1. The highest BCUT2D eigenvalue weighted by Crippen LogP contribution is 2.22. The average Bonchev–Trinajstić information content (AvgIpc) is 2.43. The molecule has 2 rings (SSSR count). The highest BCUT2D eigenvalue weighted by atomic mass is 35.5. The van der Waals surface area contributed by atoms with Gasteiger partial charge in [-0.2, -0.15) is 0 Å². The van der Waals surface area contributed by atoms with Gasteiger partial charge in [-0.3, -0.25) is 4.79 Å². The molecule has 0 saturated carbocycles. The second-order valence-electron chi connectivity index (χ2n) is 4.05. The number of halogens is 3. The van der Waals surface area contributed by atoms with E-state index in [0.717, 1.165) is 30.3 Å². The molecule has 2 aromatic rings. The van der Waals surface area contributed by atoms with Crippen molar-refractivity contribution in [3.8, 4) is 0 Å². The van der Waals surface area contributed by atoms with E-state index in [1.165, 1.54) is 6.07 Å². The Morgan fingerprint density at radius 1 is 1.10 bits per heavy atom. The van der Waals surface area contributed by atoms with E-state index >= 15 is 0 Å². The van der Waals surface area contributed by atoms with Crippen LogP contribution in [0.1, 0.15) is 20.7 Å². The smallest absolute Gasteiger partial charge is 0.337 e. The molecule has 21 heavy (non-hydrogen) atoms. The van der Waals surface area contributed by atoms with Gasteiger partial charge in [0, 0.05) is 5.56 Å². The first-order chi connectivity index (χ1) is 9.90. The van der Waals surface area contributed by atoms with Gasteiger partial charge >= 0.3 is 5.97 Å². The molecule has 0 aliphatic carbocycles. The molecule has 0 fully saturated rings. The predicted octanol–water partition coefficient (Wildman–Crippen LogP) is 3.57. The van der Waals surface area contributed by atoms with Crippen LogP contribution in [0, 0.1) is 11.6 Å². The van der Waals surface area contributed by atoms with Gasteiger partial charge in [0.1, 0.15) is 11.6 Å². The topological polar surface area (TPSA) is 66.4 Å². The summed E-state index contributed by atoms with van der Waals surface area (Å²) in [5.41, 5.74) is -0.881. The molecule has 0 unspecified atom stereocenters. The Morgan fingerprint density at radius 2 is 1.81 bits per heavy atom. The molecule has 0 aromatic heterocycles. The summed E-state index contributed by atoms with van der Waals surface area (Å²) in [4.78, 5) is 23.0. The van der Waals surface area contributed by atoms with Crippen LogP contribution in [0.3, 0.4) is 0 Å². The maximum Gasteiger partial charge on any atom is 0.337 e. The number of carboxylic acids is 1. The van der Waals surface area contributed by atoms with E-state index in [4.69, 9.17) is 16.7 Å². The van der Waals surface area contributed by atoms with Gasteiger partial charge in [-0.05, 0) is 30.3 Å². The molecule has 108 valence electrons. The number of carboxylic acid groups (broad SMARTS) is 1. The van der Waals surface area contributed by atoms with E-state index in [9.17, 15) is 18.4 Å². The average molecular weight is 312 g/mol. The summed E-state index contributed by atoms with van der Waals surface area (Å²) in [5.74, 6) is -3.78. The first-order valence-corrected chi connectivity index (χ1v) is 6.06. The fourth-order valence-electron chi connectivity index (χ4n) is 1.65. The molecule has 0 bridgehead atoms. The van der Waals surface area contributed by atoms with Gasteiger partial charge in [-0.1, -0.05) is 17.7 Å². The monoisotopic (exact) mass is 311 g/mol. The lowest BCUT2D eigenvalue weighted by atomic mass is 10.1. The van der Waals surface area contributed by atoms with E-state index in [2.05, 4.69) is 5.32 Å². The number of anilines is 1. The Bertz CT molecular complexity index is 734. The second kappa shape index (κ2) is 5.88. The van der Waals surface area contributed by atoms with Crippen LogP contribution >= 0.6 is 11.6 Å². The molecule has 1 amide bonds. The van der Waals surface area contributed by atoms with Crippen molar-refractivity contribution in [2.75, 3.05) is 5.32 Å². The van der Waals surface area contributed by atoms with Crippen LogP contribution in [-0.2, 0) is 0 Å². The third-order valence-corrected chi connectivity index (χ3v) is 2.95. The number of hydrogen-bond acceptors (Lipinski definition) is 2. The third-order valence-electron chi connectivity index (χ3n) is 2.66.